The highest BCUT2D eigenvalue weighted by atomic mass is 32.1. The zero-order chi connectivity index (χ0) is 9.68. The van der Waals surface area contributed by atoms with Crippen molar-refractivity contribution in [3.63, 3.8) is 0 Å². The Morgan fingerprint density at radius 3 is 3.00 bits per heavy atom. The predicted octanol–water partition coefficient (Wildman–Crippen LogP) is 0.287. The van der Waals surface area contributed by atoms with Crippen LogP contribution in [-0.2, 0) is 11.3 Å². The quantitative estimate of drug-likeness (QED) is 0.732. The molecule has 1 aromatic heterocycles. The minimum atomic E-state index is 0.00792. The lowest BCUT2D eigenvalue weighted by molar-refractivity contribution is -0.120. The second-order valence-corrected chi connectivity index (χ2v) is 3.97. The molecule has 0 bridgehead atoms. The highest BCUT2D eigenvalue weighted by molar-refractivity contribution is 7.11. The Bertz CT molecular complexity index is 285. The highest BCUT2D eigenvalue weighted by Crippen LogP contribution is 2.10. The van der Waals surface area contributed by atoms with Crippen LogP contribution in [0.15, 0.2) is 6.20 Å². The van der Waals surface area contributed by atoms with E-state index in [2.05, 4.69) is 15.6 Å². The molecule has 0 saturated carbocycles. The molecule has 0 fully saturated rings. The third-order valence-corrected chi connectivity index (χ3v) is 2.38. The number of aromatic nitrogens is 1. The SMILES string of the molecule is CNCC(=O)NCc1cnc(C)s1. The van der Waals surface area contributed by atoms with Gasteiger partial charge >= 0.3 is 0 Å². The van der Waals surface area contributed by atoms with E-state index in [1.54, 1.807) is 24.6 Å². The van der Waals surface area contributed by atoms with E-state index < -0.39 is 0 Å². The van der Waals surface area contributed by atoms with E-state index in [1.165, 1.54) is 0 Å². The molecule has 1 rings (SSSR count). The standard InChI is InChI=1S/C8H13N3OS/c1-6-10-3-7(13-6)4-11-8(12)5-9-2/h3,9H,4-5H2,1-2H3,(H,11,12). The number of nitrogens with zero attached hydrogens (tertiary/aromatic N) is 1. The second kappa shape index (κ2) is 4.94. The fourth-order valence-electron chi connectivity index (χ4n) is 0.896. The van der Waals surface area contributed by atoms with Crippen molar-refractivity contribution in [2.75, 3.05) is 13.6 Å². The molecular formula is C8H13N3OS. The molecule has 0 aliphatic rings. The van der Waals surface area contributed by atoms with Crippen molar-refractivity contribution in [2.24, 2.45) is 0 Å². The van der Waals surface area contributed by atoms with Gasteiger partial charge in [0.2, 0.25) is 5.91 Å². The van der Waals surface area contributed by atoms with Crippen LogP contribution in [0.3, 0.4) is 0 Å². The minimum Gasteiger partial charge on any atom is -0.350 e. The zero-order valence-electron chi connectivity index (χ0n) is 7.76. The Morgan fingerprint density at radius 2 is 2.46 bits per heavy atom. The van der Waals surface area contributed by atoms with Gasteiger partial charge in [-0.25, -0.2) is 4.98 Å². The Morgan fingerprint density at radius 1 is 1.69 bits per heavy atom. The van der Waals surface area contributed by atoms with Crippen molar-refractivity contribution >= 4 is 17.2 Å². The van der Waals surface area contributed by atoms with Gasteiger partial charge in [-0.05, 0) is 14.0 Å². The fraction of sp³-hybridized carbons (Fsp3) is 0.500. The van der Waals surface area contributed by atoms with Crippen LogP contribution in [0.2, 0.25) is 0 Å². The highest BCUT2D eigenvalue weighted by Gasteiger charge is 2.01. The first kappa shape index (κ1) is 10.1. The number of thiazole rings is 1. The number of amides is 1. The second-order valence-electron chi connectivity index (χ2n) is 2.65. The third-order valence-electron chi connectivity index (χ3n) is 1.47. The molecule has 1 amide bonds. The summed E-state index contributed by atoms with van der Waals surface area (Å²) in [5.74, 6) is 0.00792. The lowest BCUT2D eigenvalue weighted by atomic mass is 10.5. The van der Waals surface area contributed by atoms with Gasteiger partial charge in [0.25, 0.3) is 0 Å². The molecule has 0 spiro atoms. The maximum absolute atomic E-state index is 11.0. The average molecular weight is 199 g/mol. The van der Waals surface area contributed by atoms with Gasteiger partial charge < -0.3 is 10.6 Å². The number of hydrogen-bond acceptors (Lipinski definition) is 4. The van der Waals surface area contributed by atoms with Crippen LogP contribution < -0.4 is 10.6 Å². The van der Waals surface area contributed by atoms with Crippen molar-refractivity contribution < 1.29 is 4.79 Å². The lowest BCUT2D eigenvalue weighted by Crippen LogP contribution is -2.31. The minimum absolute atomic E-state index is 0.00792. The molecule has 0 radical (unpaired) electrons. The summed E-state index contributed by atoms with van der Waals surface area (Å²) in [6, 6.07) is 0. The Hall–Kier alpha value is -0.940. The van der Waals surface area contributed by atoms with Crippen molar-refractivity contribution in [3.8, 4) is 0 Å². The molecule has 72 valence electrons. The van der Waals surface area contributed by atoms with Crippen molar-refractivity contribution in [1.82, 2.24) is 15.6 Å². The van der Waals surface area contributed by atoms with E-state index >= 15 is 0 Å². The maximum atomic E-state index is 11.0. The molecule has 0 saturated heterocycles. The summed E-state index contributed by atoms with van der Waals surface area (Å²) in [6.45, 7) is 2.88. The zero-order valence-corrected chi connectivity index (χ0v) is 8.57. The normalized spacial score (nSPS) is 10.0. The summed E-state index contributed by atoms with van der Waals surface area (Å²) in [4.78, 5) is 16.2. The number of aryl methyl sites for hydroxylation is 1. The van der Waals surface area contributed by atoms with E-state index in [-0.39, 0.29) is 5.91 Å². The van der Waals surface area contributed by atoms with Crippen LogP contribution >= 0.6 is 11.3 Å². The van der Waals surface area contributed by atoms with Gasteiger partial charge in [0.05, 0.1) is 18.1 Å². The predicted molar refractivity (Wildman–Crippen MR) is 52.6 cm³/mol. The topological polar surface area (TPSA) is 54.0 Å². The first-order valence-electron chi connectivity index (χ1n) is 4.05. The largest absolute Gasteiger partial charge is 0.350 e. The average Bonchev–Trinajstić information content (AvgIpc) is 2.49. The van der Waals surface area contributed by atoms with Gasteiger partial charge in [-0.15, -0.1) is 11.3 Å². The molecule has 0 aliphatic heterocycles. The Labute approximate surface area is 81.4 Å². The summed E-state index contributed by atoms with van der Waals surface area (Å²) >= 11 is 1.60. The van der Waals surface area contributed by atoms with Crippen LogP contribution in [0, 0.1) is 6.92 Å². The molecule has 13 heavy (non-hydrogen) atoms. The fourth-order valence-corrected chi connectivity index (χ4v) is 1.63. The van der Waals surface area contributed by atoms with Crippen LogP contribution in [0.1, 0.15) is 9.88 Å². The van der Waals surface area contributed by atoms with Gasteiger partial charge in [0.1, 0.15) is 0 Å². The van der Waals surface area contributed by atoms with Crippen LogP contribution in [-0.4, -0.2) is 24.5 Å². The van der Waals surface area contributed by atoms with E-state index in [0.717, 1.165) is 9.88 Å². The summed E-state index contributed by atoms with van der Waals surface area (Å²) in [5.41, 5.74) is 0. The first-order valence-corrected chi connectivity index (χ1v) is 4.86. The molecule has 0 aromatic carbocycles. The van der Waals surface area contributed by atoms with E-state index in [9.17, 15) is 4.79 Å². The Balaban J connectivity index is 2.30. The van der Waals surface area contributed by atoms with Gasteiger partial charge in [-0.2, -0.15) is 0 Å². The summed E-state index contributed by atoms with van der Waals surface area (Å²) < 4.78 is 0. The smallest absolute Gasteiger partial charge is 0.234 e. The molecule has 2 N–H and O–H groups in total. The molecular weight excluding hydrogens is 186 g/mol. The van der Waals surface area contributed by atoms with Crippen molar-refractivity contribution in [1.29, 1.82) is 0 Å². The molecule has 5 heteroatoms. The van der Waals surface area contributed by atoms with Gasteiger partial charge in [0, 0.05) is 11.1 Å². The molecule has 1 aromatic rings. The van der Waals surface area contributed by atoms with E-state index in [4.69, 9.17) is 0 Å². The lowest BCUT2D eigenvalue weighted by Gasteiger charge is -2.01. The van der Waals surface area contributed by atoms with Crippen molar-refractivity contribution in [2.45, 2.75) is 13.5 Å². The number of carbonyl (C=O) groups excluding carboxylic acids is 1. The first-order chi connectivity index (χ1) is 6.22. The van der Waals surface area contributed by atoms with E-state index in [0.29, 0.717) is 13.1 Å². The third kappa shape index (κ3) is 3.52. The monoisotopic (exact) mass is 199 g/mol. The summed E-state index contributed by atoms with van der Waals surface area (Å²) in [7, 11) is 1.75. The van der Waals surface area contributed by atoms with Crippen LogP contribution in [0.5, 0.6) is 0 Å². The number of hydrogen-bond donors (Lipinski definition) is 2. The van der Waals surface area contributed by atoms with Gasteiger partial charge in [-0.3, -0.25) is 4.79 Å². The van der Waals surface area contributed by atoms with Gasteiger partial charge in [-0.1, -0.05) is 0 Å². The molecule has 0 aliphatic carbocycles. The van der Waals surface area contributed by atoms with Gasteiger partial charge in [0.15, 0.2) is 0 Å². The van der Waals surface area contributed by atoms with Crippen molar-refractivity contribution in [3.05, 3.63) is 16.1 Å². The molecule has 0 unspecified atom stereocenters. The molecule has 0 atom stereocenters. The van der Waals surface area contributed by atoms with Crippen LogP contribution in [0.25, 0.3) is 0 Å². The Kier molecular flexibility index (Phi) is 3.85. The summed E-state index contributed by atoms with van der Waals surface area (Å²) in [5, 5.41) is 6.59. The van der Waals surface area contributed by atoms with Crippen LogP contribution in [0.4, 0.5) is 0 Å². The number of carbonyl (C=O) groups is 1. The number of likely N-dealkylation sites (N-methyl/N-ethyl adjacent to an activating group) is 1. The summed E-state index contributed by atoms with van der Waals surface area (Å²) in [6.07, 6.45) is 1.79. The maximum Gasteiger partial charge on any atom is 0.234 e. The molecule has 1 heterocycles. The molecule has 4 nitrogen and oxygen atoms in total. The number of rotatable bonds is 4. The van der Waals surface area contributed by atoms with E-state index in [1.807, 2.05) is 6.92 Å². The number of nitrogens with one attached hydrogen (secondary N) is 2.